The minimum absolute atomic E-state index is 0.876. The molecule has 1 heterocycles. The van der Waals surface area contributed by atoms with Crippen molar-refractivity contribution in [1.82, 2.24) is 9.97 Å². The first-order valence-electron chi connectivity index (χ1n) is 4.14. The summed E-state index contributed by atoms with van der Waals surface area (Å²) in [5.41, 5.74) is 4.44. The Morgan fingerprint density at radius 1 is 1.31 bits per heavy atom. The van der Waals surface area contributed by atoms with Crippen molar-refractivity contribution >= 4 is 5.57 Å². The van der Waals surface area contributed by atoms with Crippen molar-refractivity contribution in [1.29, 1.82) is 0 Å². The Balaban J connectivity index is 2.60. The van der Waals surface area contributed by atoms with Gasteiger partial charge in [-0.1, -0.05) is 25.3 Å². The van der Waals surface area contributed by atoms with Crippen LogP contribution < -0.4 is 0 Å². The Morgan fingerprint density at radius 2 is 2.15 bits per heavy atom. The highest BCUT2D eigenvalue weighted by molar-refractivity contribution is 5.81. The molecule has 64 valence electrons. The van der Waals surface area contributed by atoms with Gasteiger partial charge in [-0.25, -0.2) is 9.97 Å². The third-order valence-electron chi connectivity index (χ3n) is 2.22. The lowest BCUT2D eigenvalue weighted by Gasteiger charge is -1.96. The van der Waals surface area contributed by atoms with Crippen molar-refractivity contribution in [2.24, 2.45) is 0 Å². The smallest absolute Gasteiger partial charge is 0.116 e. The summed E-state index contributed by atoms with van der Waals surface area (Å²) in [6.07, 6.45) is 7.98. The summed E-state index contributed by atoms with van der Waals surface area (Å²) >= 11 is 0. The second-order valence-electron chi connectivity index (χ2n) is 2.92. The Kier molecular flexibility index (Phi) is 1.81. The van der Waals surface area contributed by atoms with Crippen LogP contribution in [0.1, 0.15) is 11.3 Å². The number of hydrogen-bond donors (Lipinski definition) is 0. The normalized spacial score (nSPS) is 14.2. The van der Waals surface area contributed by atoms with Gasteiger partial charge in [0, 0.05) is 23.8 Å². The molecule has 0 radical (unpaired) electrons. The van der Waals surface area contributed by atoms with Crippen LogP contribution in [0.5, 0.6) is 0 Å². The number of aromatic nitrogens is 2. The van der Waals surface area contributed by atoms with E-state index in [9.17, 15) is 0 Å². The number of fused-ring (bicyclic) bond motifs is 1. The third kappa shape index (κ3) is 1.11. The molecule has 0 atom stereocenters. The van der Waals surface area contributed by atoms with Crippen molar-refractivity contribution < 1.29 is 0 Å². The molecular formula is C11H10N2. The molecule has 2 rings (SSSR count). The number of hydrogen-bond acceptors (Lipinski definition) is 2. The lowest BCUT2D eigenvalue weighted by molar-refractivity contribution is 1.09. The number of allylic oxidation sites excluding steroid dienone is 4. The van der Waals surface area contributed by atoms with Gasteiger partial charge < -0.3 is 0 Å². The monoisotopic (exact) mass is 170 g/mol. The molecular weight excluding hydrogens is 160 g/mol. The first-order chi connectivity index (χ1) is 6.36. The van der Waals surface area contributed by atoms with Gasteiger partial charge in [-0.2, -0.15) is 0 Å². The Labute approximate surface area is 77.4 Å². The molecule has 0 aliphatic heterocycles. The zero-order valence-corrected chi connectivity index (χ0v) is 7.33. The third-order valence-corrected chi connectivity index (χ3v) is 2.22. The van der Waals surface area contributed by atoms with Crippen LogP contribution in [0.4, 0.5) is 0 Å². The van der Waals surface area contributed by atoms with Crippen LogP contribution in [0.2, 0.25) is 0 Å². The maximum Gasteiger partial charge on any atom is 0.116 e. The highest BCUT2D eigenvalue weighted by atomic mass is 14.8. The lowest BCUT2D eigenvalue weighted by Crippen LogP contribution is -1.89. The molecule has 0 aromatic carbocycles. The molecule has 1 aliphatic carbocycles. The van der Waals surface area contributed by atoms with E-state index in [1.807, 2.05) is 18.3 Å². The van der Waals surface area contributed by atoms with Gasteiger partial charge in [0.2, 0.25) is 0 Å². The summed E-state index contributed by atoms with van der Waals surface area (Å²) in [5, 5.41) is 0. The van der Waals surface area contributed by atoms with E-state index in [0.717, 1.165) is 23.3 Å². The largest absolute Gasteiger partial charge is 0.244 e. The van der Waals surface area contributed by atoms with E-state index in [4.69, 9.17) is 0 Å². The second kappa shape index (κ2) is 2.98. The molecule has 13 heavy (non-hydrogen) atoms. The molecule has 0 saturated heterocycles. The van der Waals surface area contributed by atoms with Gasteiger partial charge in [0.25, 0.3) is 0 Å². The summed E-state index contributed by atoms with van der Waals surface area (Å²) in [5.74, 6) is 0. The van der Waals surface area contributed by atoms with Crippen molar-refractivity contribution in [3.63, 3.8) is 0 Å². The van der Waals surface area contributed by atoms with Crippen molar-refractivity contribution in [2.45, 2.75) is 6.42 Å². The Hall–Kier alpha value is -1.70. The van der Waals surface area contributed by atoms with Crippen LogP contribution in [0.25, 0.3) is 5.57 Å². The molecule has 0 fully saturated rings. The number of rotatable bonds is 2. The van der Waals surface area contributed by atoms with Crippen molar-refractivity contribution in [3.8, 4) is 0 Å². The molecule has 2 nitrogen and oxygen atoms in total. The van der Waals surface area contributed by atoms with E-state index in [-0.39, 0.29) is 0 Å². The molecule has 0 N–H and O–H groups in total. The van der Waals surface area contributed by atoms with Gasteiger partial charge in [0.05, 0.1) is 5.69 Å². The van der Waals surface area contributed by atoms with E-state index in [0.29, 0.717) is 0 Å². The molecule has 1 aromatic rings. The molecule has 2 heteroatoms. The highest BCUT2D eigenvalue weighted by Gasteiger charge is 2.18. The first kappa shape index (κ1) is 7.92. The predicted molar refractivity (Wildman–Crippen MR) is 53.1 cm³/mol. The summed E-state index contributed by atoms with van der Waals surface area (Å²) in [4.78, 5) is 8.21. The summed E-state index contributed by atoms with van der Waals surface area (Å²) in [6.45, 7) is 7.54. The number of nitrogens with zero attached hydrogens (tertiary/aromatic N) is 2. The van der Waals surface area contributed by atoms with Crippen LogP contribution in [0.3, 0.4) is 0 Å². The van der Waals surface area contributed by atoms with Gasteiger partial charge in [-0.05, 0) is 5.57 Å². The second-order valence-corrected chi connectivity index (χ2v) is 2.92. The van der Waals surface area contributed by atoms with E-state index < -0.39 is 0 Å². The molecule has 1 aromatic heterocycles. The van der Waals surface area contributed by atoms with Crippen LogP contribution in [-0.2, 0) is 6.42 Å². The summed E-state index contributed by atoms with van der Waals surface area (Å²) in [6, 6.07) is 0. The minimum Gasteiger partial charge on any atom is -0.244 e. The Morgan fingerprint density at radius 3 is 2.85 bits per heavy atom. The van der Waals surface area contributed by atoms with E-state index in [1.165, 1.54) is 5.57 Å². The fraction of sp³-hybridized carbons (Fsp3) is 0.0909. The van der Waals surface area contributed by atoms with Crippen molar-refractivity contribution in [2.75, 3.05) is 0 Å². The van der Waals surface area contributed by atoms with Gasteiger partial charge >= 0.3 is 0 Å². The van der Waals surface area contributed by atoms with Crippen LogP contribution in [-0.4, -0.2) is 9.97 Å². The summed E-state index contributed by atoms with van der Waals surface area (Å²) < 4.78 is 0. The molecule has 0 spiro atoms. The van der Waals surface area contributed by atoms with Gasteiger partial charge in [0.15, 0.2) is 0 Å². The highest BCUT2D eigenvalue weighted by Crippen LogP contribution is 2.31. The fourth-order valence-electron chi connectivity index (χ4n) is 1.59. The molecule has 0 bridgehead atoms. The van der Waals surface area contributed by atoms with E-state index in [2.05, 4.69) is 23.1 Å². The maximum absolute atomic E-state index is 4.22. The fourth-order valence-corrected chi connectivity index (χ4v) is 1.59. The molecule has 0 saturated carbocycles. The standard InChI is InChI=1S/C11H10N2/c1-3-8-5-9-6-12-7-13-11(9)10(8)4-2/h3-4,6-7H,1-2,5H2. The average molecular weight is 170 g/mol. The van der Waals surface area contributed by atoms with Crippen LogP contribution in [0, 0.1) is 0 Å². The molecule has 0 unspecified atom stereocenters. The van der Waals surface area contributed by atoms with Gasteiger partial charge in [0.1, 0.15) is 6.33 Å². The minimum atomic E-state index is 0.876. The SMILES string of the molecule is C=CC1=C(C=C)c2ncncc2C1. The zero-order valence-electron chi connectivity index (χ0n) is 7.33. The topological polar surface area (TPSA) is 25.8 Å². The van der Waals surface area contributed by atoms with E-state index >= 15 is 0 Å². The van der Waals surface area contributed by atoms with E-state index in [1.54, 1.807) is 6.33 Å². The van der Waals surface area contributed by atoms with Crippen LogP contribution in [0.15, 0.2) is 43.4 Å². The van der Waals surface area contributed by atoms with Crippen molar-refractivity contribution in [3.05, 3.63) is 54.7 Å². The maximum atomic E-state index is 4.22. The van der Waals surface area contributed by atoms with Gasteiger partial charge in [-0.3, -0.25) is 0 Å². The predicted octanol–water partition coefficient (Wildman–Crippen LogP) is 2.16. The quantitative estimate of drug-likeness (QED) is 0.679. The van der Waals surface area contributed by atoms with Crippen LogP contribution >= 0.6 is 0 Å². The Bertz CT molecular complexity index is 402. The summed E-state index contributed by atoms with van der Waals surface area (Å²) in [7, 11) is 0. The molecule has 0 amide bonds. The molecule has 1 aliphatic rings. The average Bonchev–Trinajstić information content (AvgIpc) is 2.55. The first-order valence-corrected chi connectivity index (χ1v) is 4.14. The lowest BCUT2D eigenvalue weighted by atomic mass is 10.1. The van der Waals surface area contributed by atoms with Gasteiger partial charge in [-0.15, -0.1) is 0 Å². The zero-order chi connectivity index (χ0) is 9.26.